The zero-order chi connectivity index (χ0) is 15.2. The lowest BCUT2D eigenvalue weighted by Gasteiger charge is -2.00. The van der Waals surface area contributed by atoms with Crippen LogP contribution in [0.1, 0.15) is 6.92 Å². The highest BCUT2D eigenvalue weighted by Crippen LogP contribution is 2.31. The minimum atomic E-state index is -0.833. The highest BCUT2D eigenvalue weighted by molar-refractivity contribution is 7.99. The molecule has 0 amide bonds. The average Bonchev–Trinajstić information content (AvgIpc) is 2.83. The molecule has 0 spiro atoms. The predicted octanol–water partition coefficient (Wildman–Crippen LogP) is 4.09. The Morgan fingerprint density at radius 1 is 1.19 bits per heavy atom. The fourth-order valence-corrected chi connectivity index (χ4v) is 2.76. The van der Waals surface area contributed by atoms with Crippen LogP contribution in [-0.2, 0) is 4.79 Å². The number of imidazole rings is 1. The number of aromatic nitrogens is 2. The lowest BCUT2D eigenvalue weighted by Crippen LogP contribution is -1.78. The van der Waals surface area contributed by atoms with E-state index in [1.807, 2.05) is 48.5 Å². The summed E-state index contributed by atoms with van der Waals surface area (Å²) < 4.78 is 0. The van der Waals surface area contributed by atoms with Crippen LogP contribution in [0.5, 0.6) is 0 Å². The number of rotatable bonds is 2. The summed E-state index contributed by atoms with van der Waals surface area (Å²) in [7, 11) is 0. The van der Waals surface area contributed by atoms with Gasteiger partial charge in [0.05, 0.1) is 11.0 Å². The van der Waals surface area contributed by atoms with Crippen molar-refractivity contribution in [2.24, 2.45) is 0 Å². The number of hydrogen-bond donors (Lipinski definition) is 3. The second-order valence-corrected chi connectivity index (χ2v) is 5.66. The zero-order valence-electron chi connectivity index (χ0n) is 11.3. The van der Waals surface area contributed by atoms with Gasteiger partial charge in [-0.05, 0) is 24.3 Å². The zero-order valence-corrected chi connectivity index (χ0v) is 13.0. The van der Waals surface area contributed by atoms with Crippen molar-refractivity contribution in [3.05, 3.63) is 48.5 Å². The largest absolute Gasteiger partial charge is 0.481 e. The molecule has 0 fully saturated rings. The fourth-order valence-electron chi connectivity index (χ4n) is 1.63. The van der Waals surface area contributed by atoms with E-state index in [-0.39, 0.29) is 0 Å². The van der Waals surface area contributed by atoms with Crippen molar-refractivity contribution in [3.63, 3.8) is 0 Å². The van der Waals surface area contributed by atoms with Gasteiger partial charge in [-0.25, -0.2) is 4.98 Å². The number of carboxylic acid groups (broad SMARTS) is 1. The minimum Gasteiger partial charge on any atom is -0.481 e. The number of carbonyl (C=O) groups is 1. The molecule has 4 nitrogen and oxygen atoms in total. The Bertz CT molecular complexity index is 719. The molecule has 2 aromatic carbocycles. The van der Waals surface area contributed by atoms with E-state index < -0.39 is 5.97 Å². The Labute approximate surface area is 132 Å². The molecule has 6 heteroatoms. The summed E-state index contributed by atoms with van der Waals surface area (Å²) >= 11 is 6.03. The van der Waals surface area contributed by atoms with Crippen molar-refractivity contribution >= 4 is 41.4 Å². The molecule has 0 bridgehead atoms. The molecule has 3 aromatic rings. The molecule has 0 radical (unpaired) electrons. The second kappa shape index (κ2) is 7.19. The number of para-hydroxylation sites is 2. The number of hydrogen-bond acceptors (Lipinski definition) is 4. The molecule has 108 valence electrons. The van der Waals surface area contributed by atoms with Gasteiger partial charge in [-0.2, -0.15) is 0 Å². The van der Waals surface area contributed by atoms with Gasteiger partial charge in [-0.3, -0.25) is 4.79 Å². The molecular formula is C15H14N2O2S2. The Morgan fingerprint density at radius 2 is 1.81 bits per heavy atom. The molecule has 0 aliphatic carbocycles. The van der Waals surface area contributed by atoms with Gasteiger partial charge < -0.3 is 10.1 Å². The molecule has 0 atom stereocenters. The van der Waals surface area contributed by atoms with Crippen molar-refractivity contribution in [2.45, 2.75) is 21.9 Å². The molecule has 0 saturated heterocycles. The molecule has 1 heterocycles. The van der Waals surface area contributed by atoms with E-state index in [4.69, 9.17) is 9.90 Å². The maximum absolute atomic E-state index is 9.00. The van der Waals surface area contributed by atoms with Crippen molar-refractivity contribution in [2.75, 3.05) is 0 Å². The highest BCUT2D eigenvalue weighted by atomic mass is 32.2. The monoisotopic (exact) mass is 318 g/mol. The molecule has 0 unspecified atom stereocenters. The number of thiol groups is 1. The third kappa shape index (κ3) is 4.54. The number of aromatic amines is 1. The van der Waals surface area contributed by atoms with Gasteiger partial charge in [0.15, 0.2) is 5.16 Å². The Kier molecular flexibility index (Phi) is 5.30. The van der Waals surface area contributed by atoms with E-state index in [2.05, 4.69) is 22.6 Å². The first-order chi connectivity index (χ1) is 10.1. The van der Waals surface area contributed by atoms with Crippen LogP contribution in [0, 0.1) is 0 Å². The summed E-state index contributed by atoms with van der Waals surface area (Å²) in [5.74, 6) is -0.833. The lowest BCUT2D eigenvalue weighted by molar-refractivity contribution is -0.134. The van der Waals surface area contributed by atoms with E-state index in [9.17, 15) is 0 Å². The van der Waals surface area contributed by atoms with Crippen molar-refractivity contribution in [3.8, 4) is 0 Å². The minimum absolute atomic E-state index is 0.833. The topological polar surface area (TPSA) is 66.0 Å². The van der Waals surface area contributed by atoms with Crippen LogP contribution in [0.2, 0.25) is 0 Å². The van der Waals surface area contributed by atoms with Crippen molar-refractivity contribution in [1.82, 2.24) is 9.97 Å². The van der Waals surface area contributed by atoms with Crippen molar-refractivity contribution in [1.29, 1.82) is 0 Å². The predicted molar refractivity (Wildman–Crippen MR) is 87.2 cm³/mol. The van der Waals surface area contributed by atoms with E-state index in [0.717, 1.165) is 32.9 Å². The van der Waals surface area contributed by atoms with Crippen LogP contribution in [0.25, 0.3) is 11.0 Å². The number of aliphatic carboxylic acids is 1. The standard InChI is InChI=1S/C13H10N2S2.C2H4O2/c16-11-7-3-4-8-12(11)17-13-14-9-5-1-2-6-10(9)15-13;1-2(3)4/h1-8,16H,(H,14,15);1H3,(H,3,4). The third-order valence-electron chi connectivity index (χ3n) is 2.44. The van der Waals surface area contributed by atoms with Gasteiger partial charge in [-0.1, -0.05) is 36.0 Å². The van der Waals surface area contributed by atoms with Gasteiger partial charge in [0.25, 0.3) is 5.97 Å². The molecule has 2 N–H and O–H groups in total. The normalized spacial score (nSPS) is 10.0. The van der Waals surface area contributed by atoms with Crippen LogP contribution in [0.4, 0.5) is 0 Å². The number of nitrogens with one attached hydrogen (secondary N) is 1. The van der Waals surface area contributed by atoms with E-state index >= 15 is 0 Å². The van der Waals surface area contributed by atoms with Gasteiger partial charge in [-0.15, -0.1) is 12.6 Å². The van der Waals surface area contributed by atoms with Crippen LogP contribution < -0.4 is 0 Å². The first-order valence-electron chi connectivity index (χ1n) is 6.16. The van der Waals surface area contributed by atoms with Crippen LogP contribution in [0.15, 0.2) is 63.5 Å². The number of nitrogens with zero attached hydrogens (tertiary/aromatic N) is 1. The molecule has 21 heavy (non-hydrogen) atoms. The first kappa shape index (κ1) is 15.5. The Balaban J connectivity index is 0.000000361. The summed E-state index contributed by atoms with van der Waals surface area (Å²) in [5, 5.41) is 8.31. The summed E-state index contributed by atoms with van der Waals surface area (Å²) in [4.78, 5) is 18.9. The first-order valence-corrected chi connectivity index (χ1v) is 7.43. The Hall–Kier alpha value is -1.92. The summed E-state index contributed by atoms with van der Waals surface area (Å²) in [6.45, 7) is 1.08. The lowest BCUT2D eigenvalue weighted by atomic mass is 10.3. The fraction of sp³-hybridized carbons (Fsp3) is 0.0667. The third-order valence-corrected chi connectivity index (χ3v) is 3.94. The quantitative estimate of drug-likeness (QED) is 0.623. The molecule has 3 rings (SSSR count). The summed E-state index contributed by atoms with van der Waals surface area (Å²) in [5.41, 5.74) is 2.05. The van der Waals surface area contributed by atoms with Gasteiger partial charge in [0.1, 0.15) is 0 Å². The highest BCUT2D eigenvalue weighted by Gasteiger charge is 2.05. The Morgan fingerprint density at radius 3 is 2.48 bits per heavy atom. The van der Waals surface area contributed by atoms with E-state index in [1.54, 1.807) is 11.8 Å². The summed E-state index contributed by atoms with van der Waals surface area (Å²) in [6, 6.07) is 16.0. The molecule has 0 aliphatic heterocycles. The van der Waals surface area contributed by atoms with Crippen molar-refractivity contribution < 1.29 is 9.90 Å². The molecule has 0 saturated carbocycles. The molecule has 0 aliphatic rings. The van der Waals surface area contributed by atoms with Gasteiger partial charge >= 0.3 is 0 Å². The van der Waals surface area contributed by atoms with Crippen LogP contribution in [-0.4, -0.2) is 21.0 Å². The molecule has 1 aromatic heterocycles. The van der Waals surface area contributed by atoms with Gasteiger partial charge in [0.2, 0.25) is 0 Å². The SMILES string of the molecule is CC(=O)O.Sc1ccccc1Sc1nc2ccccc2[nH]1. The van der Waals surface area contributed by atoms with E-state index in [0.29, 0.717) is 0 Å². The number of benzene rings is 2. The smallest absolute Gasteiger partial charge is 0.300 e. The second-order valence-electron chi connectivity index (χ2n) is 4.15. The average molecular weight is 318 g/mol. The maximum Gasteiger partial charge on any atom is 0.300 e. The summed E-state index contributed by atoms with van der Waals surface area (Å²) in [6.07, 6.45) is 0. The van der Waals surface area contributed by atoms with Gasteiger partial charge in [0, 0.05) is 16.7 Å². The van der Waals surface area contributed by atoms with E-state index in [1.165, 1.54) is 0 Å². The van der Waals surface area contributed by atoms with Crippen LogP contribution >= 0.6 is 24.4 Å². The number of fused-ring (bicyclic) bond motifs is 1. The number of carboxylic acids is 1. The molecular weight excluding hydrogens is 304 g/mol. The maximum atomic E-state index is 9.00. The van der Waals surface area contributed by atoms with Crippen LogP contribution in [0.3, 0.4) is 0 Å². The number of H-pyrrole nitrogens is 1.